The predicted molar refractivity (Wildman–Crippen MR) is 106 cm³/mol. The summed E-state index contributed by atoms with van der Waals surface area (Å²) in [4.78, 5) is 0. The third-order valence-electron chi connectivity index (χ3n) is 4.83. The molecule has 5 atom stereocenters. The zero-order chi connectivity index (χ0) is 20.0. The van der Waals surface area contributed by atoms with Gasteiger partial charge in [-0.1, -0.05) is 36.7 Å². The van der Waals surface area contributed by atoms with Gasteiger partial charge >= 0.3 is 0 Å². The first-order chi connectivity index (χ1) is 12.9. The van der Waals surface area contributed by atoms with Gasteiger partial charge in [0.25, 0.3) is 0 Å². The van der Waals surface area contributed by atoms with Crippen LogP contribution < -0.4 is 4.74 Å². The molecule has 1 aromatic rings. The largest absolute Gasteiger partial charge is 0.494 e. The smallest absolute Gasteiger partial charge is 0.119 e. The summed E-state index contributed by atoms with van der Waals surface area (Å²) in [6.07, 6.45) is 0.0645. The van der Waals surface area contributed by atoms with E-state index in [1.807, 2.05) is 57.2 Å². The molecule has 1 aliphatic rings. The highest BCUT2D eigenvalue weighted by Gasteiger charge is 2.41. The normalized spacial score (nSPS) is 28.1. The molecule has 1 heterocycles. The Kier molecular flexibility index (Phi) is 8.32. The van der Waals surface area contributed by atoms with Crippen molar-refractivity contribution in [2.24, 2.45) is 5.92 Å². The maximum atomic E-state index is 10.4. The maximum Gasteiger partial charge on any atom is 0.119 e. The van der Waals surface area contributed by atoms with E-state index in [4.69, 9.17) is 21.1 Å². The lowest BCUT2D eigenvalue weighted by molar-refractivity contribution is -0.195. The highest BCUT2D eigenvalue weighted by Crippen LogP contribution is 2.32. The molecule has 0 spiro atoms. The Hall–Kier alpha value is -1.37. The third kappa shape index (κ3) is 5.56. The van der Waals surface area contributed by atoms with E-state index >= 15 is 0 Å². The highest BCUT2D eigenvalue weighted by atomic mass is 35.5. The molecule has 0 bridgehead atoms. The number of rotatable bonds is 7. The van der Waals surface area contributed by atoms with Gasteiger partial charge in [-0.3, -0.25) is 0 Å². The summed E-state index contributed by atoms with van der Waals surface area (Å²) in [5, 5.41) is 30.6. The second-order valence-corrected chi connectivity index (χ2v) is 7.17. The molecule has 0 aromatic heterocycles. The predicted octanol–water partition coefficient (Wildman–Crippen LogP) is 2.81. The van der Waals surface area contributed by atoms with Crippen LogP contribution in [0.3, 0.4) is 0 Å². The van der Waals surface area contributed by atoms with Gasteiger partial charge in [-0.05, 0) is 49.6 Å². The van der Waals surface area contributed by atoms with Crippen molar-refractivity contribution in [3.05, 3.63) is 52.6 Å². The SMILES string of the molecule is C/C=C\C(Cl)=C(\Cc1ccc(OCC)cc1)C(C)C1OC[C@@H](O)[C@H](O)[C@H]1O. The van der Waals surface area contributed by atoms with Crippen LogP contribution in [0, 0.1) is 5.92 Å². The minimum atomic E-state index is -1.24. The first-order valence-corrected chi connectivity index (χ1v) is 9.65. The Morgan fingerprint density at radius 2 is 1.93 bits per heavy atom. The molecule has 1 saturated heterocycles. The first kappa shape index (κ1) is 21.9. The molecule has 27 heavy (non-hydrogen) atoms. The molecule has 6 heteroatoms. The van der Waals surface area contributed by atoms with Crippen LogP contribution in [-0.4, -0.2) is 52.9 Å². The van der Waals surface area contributed by atoms with Gasteiger partial charge in [0.2, 0.25) is 0 Å². The third-order valence-corrected chi connectivity index (χ3v) is 5.20. The molecular formula is C21H29ClO5. The summed E-state index contributed by atoms with van der Waals surface area (Å²) in [5.41, 5.74) is 1.94. The van der Waals surface area contributed by atoms with Crippen LogP contribution >= 0.6 is 11.6 Å². The molecule has 0 radical (unpaired) electrons. The van der Waals surface area contributed by atoms with E-state index in [0.717, 1.165) is 16.9 Å². The summed E-state index contributed by atoms with van der Waals surface area (Å²) in [5.74, 6) is 0.556. The quantitative estimate of drug-likeness (QED) is 0.617. The average molecular weight is 397 g/mol. The topological polar surface area (TPSA) is 79.2 Å². The molecule has 1 aromatic carbocycles. The molecule has 3 N–H and O–H groups in total. The van der Waals surface area contributed by atoms with E-state index in [9.17, 15) is 15.3 Å². The van der Waals surface area contributed by atoms with E-state index < -0.39 is 24.4 Å². The van der Waals surface area contributed by atoms with Crippen molar-refractivity contribution in [1.82, 2.24) is 0 Å². The number of benzene rings is 1. The Labute approximate surface area is 165 Å². The number of aliphatic hydroxyl groups excluding tert-OH is 3. The van der Waals surface area contributed by atoms with E-state index in [-0.39, 0.29) is 12.5 Å². The van der Waals surface area contributed by atoms with Crippen LogP contribution in [-0.2, 0) is 11.2 Å². The fourth-order valence-corrected chi connectivity index (χ4v) is 3.64. The summed E-state index contributed by atoms with van der Waals surface area (Å²) >= 11 is 6.52. The minimum Gasteiger partial charge on any atom is -0.494 e. The molecule has 0 aliphatic carbocycles. The summed E-state index contributed by atoms with van der Waals surface area (Å²) in [6, 6.07) is 7.79. The Bertz CT molecular complexity index is 655. The lowest BCUT2D eigenvalue weighted by Gasteiger charge is -2.39. The molecule has 2 rings (SSSR count). The van der Waals surface area contributed by atoms with Gasteiger partial charge in [0, 0.05) is 11.0 Å². The number of hydrogen-bond donors (Lipinski definition) is 3. The van der Waals surface area contributed by atoms with E-state index in [1.54, 1.807) is 0 Å². The van der Waals surface area contributed by atoms with E-state index in [0.29, 0.717) is 18.1 Å². The van der Waals surface area contributed by atoms with Crippen LogP contribution in [0.4, 0.5) is 0 Å². The average Bonchev–Trinajstić information content (AvgIpc) is 2.65. The number of allylic oxidation sites excluding steroid dienone is 3. The van der Waals surface area contributed by atoms with Crippen molar-refractivity contribution >= 4 is 11.6 Å². The van der Waals surface area contributed by atoms with Crippen molar-refractivity contribution in [2.45, 2.75) is 51.6 Å². The van der Waals surface area contributed by atoms with Crippen molar-refractivity contribution in [2.75, 3.05) is 13.2 Å². The second kappa shape index (κ2) is 10.2. The molecule has 0 saturated carbocycles. The summed E-state index contributed by atoms with van der Waals surface area (Å²) < 4.78 is 11.1. The van der Waals surface area contributed by atoms with Crippen LogP contribution in [0.1, 0.15) is 26.3 Å². The van der Waals surface area contributed by atoms with Gasteiger partial charge in [-0.25, -0.2) is 0 Å². The van der Waals surface area contributed by atoms with Crippen molar-refractivity contribution in [3.63, 3.8) is 0 Å². The van der Waals surface area contributed by atoms with E-state index in [1.165, 1.54) is 0 Å². The number of ether oxygens (including phenoxy) is 2. The first-order valence-electron chi connectivity index (χ1n) is 9.27. The van der Waals surface area contributed by atoms with Gasteiger partial charge in [-0.2, -0.15) is 0 Å². The van der Waals surface area contributed by atoms with Crippen LogP contribution in [0.2, 0.25) is 0 Å². The number of aliphatic hydroxyl groups is 3. The van der Waals surface area contributed by atoms with Gasteiger partial charge < -0.3 is 24.8 Å². The van der Waals surface area contributed by atoms with Crippen LogP contribution in [0.15, 0.2) is 47.0 Å². The standard InChI is InChI=1S/C21H29ClO5/c1-4-6-17(22)16(11-14-7-9-15(10-8-14)26-5-2)13(3)21-20(25)19(24)18(23)12-27-21/h4,6-10,13,18-21,23-25H,5,11-12H2,1-3H3/b6-4-,17-16+/t13?,18-,19+,20-,21?/m1/s1. The summed E-state index contributed by atoms with van der Waals surface area (Å²) in [7, 11) is 0. The zero-order valence-corrected chi connectivity index (χ0v) is 16.8. The monoisotopic (exact) mass is 396 g/mol. The van der Waals surface area contributed by atoms with Gasteiger partial charge in [0.05, 0.1) is 19.3 Å². The maximum absolute atomic E-state index is 10.4. The van der Waals surface area contributed by atoms with Crippen molar-refractivity contribution in [1.29, 1.82) is 0 Å². The summed E-state index contributed by atoms with van der Waals surface area (Å²) in [6.45, 7) is 6.32. The molecule has 1 aliphatic heterocycles. The van der Waals surface area contributed by atoms with Gasteiger partial charge in [0.15, 0.2) is 0 Å². The Balaban J connectivity index is 2.25. The Morgan fingerprint density at radius 3 is 2.52 bits per heavy atom. The molecule has 5 nitrogen and oxygen atoms in total. The van der Waals surface area contributed by atoms with Crippen LogP contribution in [0.5, 0.6) is 5.75 Å². The highest BCUT2D eigenvalue weighted by molar-refractivity contribution is 6.31. The fraction of sp³-hybridized carbons (Fsp3) is 0.524. The Morgan fingerprint density at radius 1 is 1.26 bits per heavy atom. The van der Waals surface area contributed by atoms with Crippen molar-refractivity contribution in [3.8, 4) is 5.75 Å². The zero-order valence-electron chi connectivity index (χ0n) is 16.0. The molecule has 150 valence electrons. The fourth-order valence-electron chi connectivity index (χ4n) is 3.27. The lowest BCUT2D eigenvalue weighted by Crippen LogP contribution is -2.55. The molecule has 2 unspecified atom stereocenters. The molecular weight excluding hydrogens is 368 g/mol. The van der Waals surface area contributed by atoms with E-state index in [2.05, 4.69) is 0 Å². The van der Waals surface area contributed by atoms with Gasteiger partial charge in [0.1, 0.15) is 24.1 Å². The molecule has 0 amide bonds. The lowest BCUT2D eigenvalue weighted by atomic mass is 9.84. The second-order valence-electron chi connectivity index (χ2n) is 6.76. The minimum absolute atomic E-state index is 0.0230. The van der Waals surface area contributed by atoms with Crippen LogP contribution in [0.25, 0.3) is 0 Å². The van der Waals surface area contributed by atoms with Gasteiger partial charge in [-0.15, -0.1) is 0 Å². The van der Waals surface area contributed by atoms with Crippen molar-refractivity contribution < 1.29 is 24.8 Å². The molecule has 1 fully saturated rings. The number of hydrogen-bond acceptors (Lipinski definition) is 5. The number of halogens is 1.